The summed E-state index contributed by atoms with van der Waals surface area (Å²) in [6.45, 7) is 1.95. The van der Waals surface area contributed by atoms with Crippen molar-refractivity contribution in [3.63, 3.8) is 0 Å². The maximum Gasteiger partial charge on any atom is 0.269 e. The molecule has 3 aromatic rings. The number of nitrogens with zero attached hydrogens (tertiary/aromatic N) is 1. The van der Waals surface area contributed by atoms with E-state index in [0.29, 0.717) is 11.3 Å². The van der Waals surface area contributed by atoms with Crippen molar-refractivity contribution < 1.29 is 14.5 Å². The molecule has 0 amide bonds. The molecule has 0 fully saturated rings. The summed E-state index contributed by atoms with van der Waals surface area (Å²) in [5, 5.41) is 10.8. The van der Waals surface area contributed by atoms with Crippen molar-refractivity contribution in [2.45, 2.75) is 6.92 Å². The lowest BCUT2D eigenvalue weighted by Gasteiger charge is -2.10. The smallest absolute Gasteiger partial charge is 0.269 e. The van der Waals surface area contributed by atoms with E-state index in [1.165, 1.54) is 24.3 Å². The third kappa shape index (κ3) is 4.67. The van der Waals surface area contributed by atoms with Gasteiger partial charge < -0.3 is 4.74 Å². The highest BCUT2D eigenvalue weighted by molar-refractivity contribution is 6.10. The van der Waals surface area contributed by atoms with Gasteiger partial charge in [0, 0.05) is 17.7 Å². The molecule has 5 heteroatoms. The molecule has 0 saturated heterocycles. The molecule has 0 spiro atoms. The Labute approximate surface area is 156 Å². The average Bonchev–Trinajstić information content (AvgIpc) is 2.69. The zero-order valence-electron chi connectivity index (χ0n) is 14.7. The molecule has 0 aliphatic carbocycles. The minimum atomic E-state index is -0.484. The third-order valence-electron chi connectivity index (χ3n) is 3.91. The minimum absolute atomic E-state index is 0.0409. The van der Waals surface area contributed by atoms with Crippen molar-refractivity contribution in [2.24, 2.45) is 0 Å². The van der Waals surface area contributed by atoms with Gasteiger partial charge in [-0.05, 0) is 30.7 Å². The van der Waals surface area contributed by atoms with Crippen LogP contribution in [0.15, 0.2) is 84.6 Å². The first-order valence-corrected chi connectivity index (χ1v) is 8.33. The van der Waals surface area contributed by atoms with E-state index in [4.69, 9.17) is 4.74 Å². The number of aryl methyl sites for hydroxylation is 1. The fourth-order valence-corrected chi connectivity index (χ4v) is 2.45. The second-order valence-corrected chi connectivity index (χ2v) is 5.97. The Morgan fingerprint density at radius 1 is 0.926 bits per heavy atom. The molecule has 0 N–H and O–H groups in total. The van der Waals surface area contributed by atoms with Crippen LogP contribution in [-0.2, 0) is 0 Å². The predicted octanol–water partition coefficient (Wildman–Crippen LogP) is 5.21. The highest BCUT2D eigenvalue weighted by Gasteiger charge is 2.16. The molecule has 134 valence electrons. The summed E-state index contributed by atoms with van der Waals surface area (Å²) in [6, 6.07) is 22.2. The average molecular weight is 359 g/mol. The number of rotatable bonds is 6. The summed E-state index contributed by atoms with van der Waals surface area (Å²) >= 11 is 0. The predicted molar refractivity (Wildman–Crippen MR) is 104 cm³/mol. The lowest BCUT2D eigenvalue weighted by Crippen LogP contribution is -2.09. The largest absolute Gasteiger partial charge is 0.453 e. The lowest BCUT2D eigenvalue weighted by atomic mass is 10.1. The maximum atomic E-state index is 12.9. The molecule has 0 saturated carbocycles. The van der Waals surface area contributed by atoms with Gasteiger partial charge in [0.15, 0.2) is 5.76 Å². The van der Waals surface area contributed by atoms with Crippen molar-refractivity contribution in [2.75, 3.05) is 0 Å². The molecule has 3 rings (SSSR count). The standard InChI is InChI=1S/C22H17NO4/c1-16-7-9-18(10-8-16)22(24)21(15-17-5-3-2-4-6-17)27-20-13-11-19(12-14-20)23(25)26/h2-15H,1H3/b21-15+. The van der Waals surface area contributed by atoms with Gasteiger partial charge in [0.1, 0.15) is 5.75 Å². The molecule has 27 heavy (non-hydrogen) atoms. The maximum absolute atomic E-state index is 12.9. The summed E-state index contributed by atoms with van der Waals surface area (Å²) in [7, 11) is 0. The number of nitro benzene ring substituents is 1. The Hall–Kier alpha value is -3.73. The molecule has 0 aromatic heterocycles. The Morgan fingerprint density at radius 2 is 1.56 bits per heavy atom. The molecule has 0 heterocycles. The van der Waals surface area contributed by atoms with Crippen molar-refractivity contribution in [3.05, 3.63) is 111 Å². The number of ether oxygens (including phenoxy) is 1. The zero-order valence-corrected chi connectivity index (χ0v) is 14.7. The van der Waals surface area contributed by atoms with Crippen LogP contribution in [0.25, 0.3) is 6.08 Å². The van der Waals surface area contributed by atoms with E-state index < -0.39 is 4.92 Å². The number of non-ortho nitro benzene ring substituents is 1. The van der Waals surface area contributed by atoms with E-state index in [-0.39, 0.29) is 17.2 Å². The monoisotopic (exact) mass is 359 g/mol. The van der Waals surface area contributed by atoms with Crippen molar-refractivity contribution in [1.82, 2.24) is 0 Å². The van der Waals surface area contributed by atoms with Crippen LogP contribution in [0.3, 0.4) is 0 Å². The van der Waals surface area contributed by atoms with E-state index in [2.05, 4.69) is 0 Å². The Bertz CT molecular complexity index is 975. The first-order valence-electron chi connectivity index (χ1n) is 8.33. The van der Waals surface area contributed by atoms with Crippen LogP contribution >= 0.6 is 0 Å². The lowest BCUT2D eigenvalue weighted by molar-refractivity contribution is -0.384. The van der Waals surface area contributed by atoms with E-state index >= 15 is 0 Å². The quantitative estimate of drug-likeness (QED) is 0.199. The molecule has 3 aromatic carbocycles. The van der Waals surface area contributed by atoms with Crippen LogP contribution in [-0.4, -0.2) is 10.7 Å². The summed E-state index contributed by atoms with van der Waals surface area (Å²) in [5.41, 5.74) is 2.33. The van der Waals surface area contributed by atoms with Gasteiger partial charge >= 0.3 is 0 Å². The number of ketones is 1. The Balaban J connectivity index is 1.94. The first kappa shape index (κ1) is 18.1. The van der Waals surface area contributed by atoms with Gasteiger partial charge in [-0.15, -0.1) is 0 Å². The number of carbonyl (C=O) groups excluding carboxylic acids is 1. The van der Waals surface area contributed by atoms with Crippen LogP contribution in [0.2, 0.25) is 0 Å². The molecular formula is C22H17NO4. The Kier molecular flexibility index (Phi) is 5.42. The molecule has 0 bridgehead atoms. The first-order chi connectivity index (χ1) is 13.0. The van der Waals surface area contributed by atoms with Crippen LogP contribution < -0.4 is 4.74 Å². The zero-order chi connectivity index (χ0) is 19.2. The summed E-state index contributed by atoms with van der Waals surface area (Å²) in [6.07, 6.45) is 1.66. The van der Waals surface area contributed by atoms with Gasteiger partial charge in [-0.2, -0.15) is 0 Å². The van der Waals surface area contributed by atoms with Crippen molar-refractivity contribution >= 4 is 17.5 Å². The third-order valence-corrected chi connectivity index (χ3v) is 3.91. The molecule has 0 unspecified atom stereocenters. The second-order valence-electron chi connectivity index (χ2n) is 5.97. The van der Waals surface area contributed by atoms with Crippen molar-refractivity contribution in [3.8, 4) is 5.75 Å². The topological polar surface area (TPSA) is 69.4 Å². The van der Waals surface area contributed by atoms with Gasteiger partial charge in [0.05, 0.1) is 4.92 Å². The summed E-state index contributed by atoms with van der Waals surface area (Å²) in [5.74, 6) is 0.222. The summed E-state index contributed by atoms with van der Waals surface area (Å²) in [4.78, 5) is 23.2. The number of nitro groups is 1. The van der Waals surface area contributed by atoms with Gasteiger partial charge in [0.2, 0.25) is 5.78 Å². The minimum Gasteiger partial charge on any atom is -0.453 e. The number of allylic oxidation sites excluding steroid dienone is 1. The summed E-state index contributed by atoms with van der Waals surface area (Å²) < 4.78 is 5.79. The SMILES string of the molecule is Cc1ccc(C(=O)/C(=C\c2ccccc2)Oc2ccc([N+](=O)[O-])cc2)cc1. The molecule has 0 aliphatic rings. The number of carbonyl (C=O) groups is 1. The van der Waals surface area contributed by atoms with E-state index in [1.54, 1.807) is 18.2 Å². The fraction of sp³-hybridized carbons (Fsp3) is 0.0455. The second kappa shape index (κ2) is 8.10. The van der Waals surface area contributed by atoms with E-state index in [1.807, 2.05) is 49.4 Å². The number of benzene rings is 3. The van der Waals surface area contributed by atoms with Gasteiger partial charge in [-0.25, -0.2) is 0 Å². The van der Waals surface area contributed by atoms with Gasteiger partial charge in [0.25, 0.3) is 5.69 Å². The molecule has 0 radical (unpaired) electrons. The highest BCUT2D eigenvalue weighted by atomic mass is 16.6. The van der Waals surface area contributed by atoms with Gasteiger partial charge in [-0.3, -0.25) is 14.9 Å². The van der Waals surface area contributed by atoms with Gasteiger partial charge in [-0.1, -0.05) is 60.2 Å². The van der Waals surface area contributed by atoms with E-state index in [9.17, 15) is 14.9 Å². The molecule has 0 aliphatic heterocycles. The van der Waals surface area contributed by atoms with Crippen LogP contribution in [0.1, 0.15) is 21.5 Å². The number of hydrogen-bond acceptors (Lipinski definition) is 4. The normalized spacial score (nSPS) is 11.1. The molecule has 5 nitrogen and oxygen atoms in total. The van der Waals surface area contributed by atoms with E-state index in [0.717, 1.165) is 11.1 Å². The molecular weight excluding hydrogens is 342 g/mol. The van der Waals surface area contributed by atoms with Crippen LogP contribution in [0, 0.1) is 17.0 Å². The number of Topliss-reactive ketones (excluding diaryl/α,β-unsaturated/α-hetero) is 1. The number of hydrogen-bond donors (Lipinski definition) is 0. The molecule has 0 atom stereocenters. The highest BCUT2D eigenvalue weighted by Crippen LogP contribution is 2.22. The van der Waals surface area contributed by atoms with Crippen LogP contribution in [0.4, 0.5) is 5.69 Å². The van der Waals surface area contributed by atoms with Crippen molar-refractivity contribution in [1.29, 1.82) is 0 Å². The Morgan fingerprint density at radius 3 is 2.15 bits per heavy atom. The fourth-order valence-electron chi connectivity index (χ4n) is 2.45. The van der Waals surface area contributed by atoms with Crippen LogP contribution in [0.5, 0.6) is 5.75 Å².